The van der Waals surface area contributed by atoms with Crippen molar-refractivity contribution in [3.63, 3.8) is 0 Å². The maximum atomic E-state index is 5.96. The largest absolute Gasteiger partial charge is 0.492 e. The van der Waals surface area contributed by atoms with E-state index in [2.05, 4.69) is 56.8 Å². The summed E-state index contributed by atoms with van der Waals surface area (Å²) in [7, 11) is 3.91. The minimum Gasteiger partial charge on any atom is -0.492 e. The van der Waals surface area contributed by atoms with Crippen LogP contribution >= 0.6 is 35.3 Å². The predicted molar refractivity (Wildman–Crippen MR) is 135 cm³/mol. The van der Waals surface area contributed by atoms with E-state index in [0.717, 1.165) is 64.1 Å². The van der Waals surface area contributed by atoms with Crippen LogP contribution in [-0.2, 0) is 17.7 Å². The topological polar surface area (TPSA) is 49.3 Å². The molecule has 0 amide bonds. The van der Waals surface area contributed by atoms with Gasteiger partial charge in [0, 0.05) is 51.7 Å². The molecule has 3 rings (SSSR count). The molecule has 166 valence electrons. The van der Waals surface area contributed by atoms with Gasteiger partial charge in [0.05, 0.1) is 13.2 Å². The number of hydrogen-bond donors (Lipinski definition) is 1. The number of hydrogen-bond acceptors (Lipinski definition) is 5. The Morgan fingerprint density at radius 3 is 2.83 bits per heavy atom. The number of guanidine groups is 1. The van der Waals surface area contributed by atoms with Crippen molar-refractivity contribution in [1.29, 1.82) is 0 Å². The van der Waals surface area contributed by atoms with Gasteiger partial charge in [0.15, 0.2) is 5.96 Å². The van der Waals surface area contributed by atoms with Crippen LogP contribution in [0.3, 0.4) is 0 Å². The van der Waals surface area contributed by atoms with Gasteiger partial charge in [-0.2, -0.15) is 0 Å². The molecule has 0 aliphatic carbocycles. The number of nitrogens with zero attached hydrogens (tertiary/aromatic N) is 3. The number of ether oxygens (including phenoxy) is 2. The van der Waals surface area contributed by atoms with Gasteiger partial charge in [0.1, 0.15) is 12.4 Å². The van der Waals surface area contributed by atoms with E-state index < -0.39 is 0 Å². The molecule has 1 fully saturated rings. The van der Waals surface area contributed by atoms with Crippen molar-refractivity contribution in [1.82, 2.24) is 15.1 Å². The van der Waals surface area contributed by atoms with Crippen LogP contribution in [0.2, 0.25) is 0 Å². The van der Waals surface area contributed by atoms with Crippen LogP contribution in [0, 0.1) is 0 Å². The molecule has 0 spiro atoms. The summed E-state index contributed by atoms with van der Waals surface area (Å²) in [6.07, 6.45) is 1.03. The normalized spacial score (nSPS) is 14.8. The first kappa shape index (κ1) is 24.9. The van der Waals surface area contributed by atoms with E-state index in [9.17, 15) is 0 Å². The number of thiophene rings is 1. The van der Waals surface area contributed by atoms with Gasteiger partial charge in [-0.05, 0) is 35.6 Å². The number of aliphatic imine (C=N–C) groups is 1. The molecule has 1 aliphatic rings. The Kier molecular flexibility index (Phi) is 11.5. The van der Waals surface area contributed by atoms with Crippen molar-refractivity contribution in [2.24, 2.45) is 4.99 Å². The maximum absolute atomic E-state index is 5.96. The lowest BCUT2D eigenvalue weighted by molar-refractivity contribution is 0.0322. The lowest BCUT2D eigenvalue weighted by Gasteiger charge is -2.26. The van der Waals surface area contributed by atoms with Crippen molar-refractivity contribution in [2.75, 3.05) is 60.1 Å². The molecule has 0 unspecified atom stereocenters. The molecular formula is C22H33IN4O2S. The van der Waals surface area contributed by atoms with Crippen molar-refractivity contribution >= 4 is 41.3 Å². The van der Waals surface area contributed by atoms with Gasteiger partial charge in [-0.1, -0.05) is 18.2 Å². The number of halogens is 1. The Morgan fingerprint density at radius 1 is 1.27 bits per heavy atom. The van der Waals surface area contributed by atoms with Gasteiger partial charge in [0.2, 0.25) is 0 Å². The van der Waals surface area contributed by atoms with Crippen LogP contribution in [-0.4, -0.2) is 75.9 Å². The highest BCUT2D eigenvalue weighted by molar-refractivity contribution is 14.0. The highest BCUT2D eigenvalue weighted by Gasteiger charge is 2.10. The summed E-state index contributed by atoms with van der Waals surface area (Å²) in [6, 6.07) is 12.6. The average Bonchev–Trinajstić information content (AvgIpc) is 3.27. The van der Waals surface area contributed by atoms with Gasteiger partial charge in [-0.3, -0.25) is 9.89 Å². The maximum Gasteiger partial charge on any atom is 0.193 e. The minimum absolute atomic E-state index is 0. The monoisotopic (exact) mass is 544 g/mol. The van der Waals surface area contributed by atoms with E-state index in [-0.39, 0.29) is 24.0 Å². The van der Waals surface area contributed by atoms with E-state index in [1.54, 1.807) is 11.3 Å². The Labute approximate surface area is 201 Å². The Hall–Kier alpha value is -1.36. The van der Waals surface area contributed by atoms with Crippen LogP contribution in [0.15, 0.2) is 46.8 Å². The molecule has 6 nitrogen and oxygen atoms in total. The predicted octanol–water partition coefficient (Wildman–Crippen LogP) is 3.33. The SMILES string of the molecule is CN=C(NCc1cccc(OCCN2CCOCC2)c1)N(C)CCc1cccs1.I. The zero-order valence-electron chi connectivity index (χ0n) is 17.9. The molecule has 0 atom stereocenters. The molecule has 8 heteroatoms. The summed E-state index contributed by atoms with van der Waals surface area (Å²) in [5.74, 6) is 1.82. The minimum atomic E-state index is 0. The van der Waals surface area contributed by atoms with E-state index in [0.29, 0.717) is 6.61 Å². The van der Waals surface area contributed by atoms with E-state index in [1.807, 2.05) is 19.2 Å². The molecular weight excluding hydrogens is 511 g/mol. The molecule has 2 aromatic rings. The second kappa shape index (κ2) is 13.8. The van der Waals surface area contributed by atoms with Crippen LogP contribution in [0.5, 0.6) is 5.75 Å². The Morgan fingerprint density at radius 2 is 2.10 bits per heavy atom. The zero-order valence-corrected chi connectivity index (χ0v) is 21.0. The summed E-state index contributed by atoms with van der Waals surface area (Å²) in [6.45, 7) is 6.92. The smallest absolute Gasteiger partial charge is 0.193 e. The fraction of sp³-hybridized carbons (Fsp3) is 0.500. The van der Waals surface area contributed by atoms with Gasteiger partial charge in [-0.25, -0.2) is 0 Å². The van der Waals surface area contributed by atoms with Crippen LogP contribution < -0.4 is 10.1 Å². The highest BCUT2D eigenvalue weighted by atomic mass is 127. The highest BCUT2D eigenvalue weighted by Crippen LogP contribution is 2.14. The van der Waals surface area contributed by atoms with Crippen LogP contribution in [0.25, 0.3) is 0 Å². The third-order valence-electron chi connectivity index (χ3n) is 4.98. The Bertz CT molecular complexity index is 751. The van der Waals surface area contributed by atoms with Gasteiger partial charge >= 0.3 is 0 Å². The molecule has 0 saturated carbocycles. The van der Waals surface area contributed by atoms with Crippen LogP contribution in [0.1, 0.15) is 10.4 Å². The van der Waals surface area contributed by atoms with Gasteiger partial charge in [-0.15, -0.1) is 35.3 Å². The Balaban J connectivity index is 0.00000320. The molecule has 0 bridgehead atoms. The standard InChI is InChI=1S/C22H32N4O2S.HI/c1-23-22(25(2)9-8-21-7-4-16-29-21)24-18-19-5-3-6-20(17-19)28-15-12-26-10-13-27-14-11-26;/h3-7,16-17H,8-15,18H2,1-2H3,(H,23,24);1H. The number of rotatable bonds is 9. The summed E-state index contributed by atoms with van der Waals surface area (Å²) < 4.78 is 11.3. The van der Waals surface area contributed by atoms with Crippen molar-refractivity contribution in [3.8, 4) is 5.75 Å². The van der Waals surface area contributed by atoms with Crippen molar-refractivity contribution in [2.45, 2.75) is 13.0 Å². The summed E-state index contributed by atoms with van der Waals surface area (Å²) in [5, 5.41) is 5.58. The molecule has 1 aromatic carbocycles. The average molecular weight is 545 g/mol. The van der Waals surface area contributed by atoms with Crippen molar-refractivity contribution < 1.29 is 9.47 Å². The summed E-state index contributed by atoms with van der Waals surface area (Å²) in [5.41, 5.74) is 1.18. The first-order valence-corrected chi connectivity index (χ1v) is 11.1. The molecule has 1 saturated heterocycles. The lowest BCUT2D eigenvalue weighted by Crippen LogP contribution is -2.39. The fourth-order valence-corrected chi connectivity index (χ4v) is 3.97. The second-order valence-corrected chi connectivity index (χ2v) is 8.13. The third kappa shape index (κ3) is 8.41. The van der Waals surface area contributed by atoms with E-state index >= 15 is 0 Å². The van der Waals surface area contributed by atoms with E-state index in [4.69, 9.17) is 9.47 Å². The molecule has 0 radical (unpaired) electrons. The zero-order chi connectivity index (χ0) is 20.3. The number of nitrogens with one attached hydrogen (secondary N) is 1. The quantitative estimate of drug-likeness (QED) is 0.298. The fourth-order valence-electron chi connectivity index (χ4n) is 3.27. The molecule has 1 aromatic heterocycles. The first-order chi connectivity index (χ1) is 14.2. The number of morpholine rings is 1. The molecule has 30 heavy (non-hydrogen) atoms. The number of likely N-dealkylation sites (N-methyl/N-ethyl adjacent to an activating group) is 1. The first-order valence-electron chi connectivity index (χ1n) is 10.2. The molecule has 1 N–H and O–H groups in total. The summed E-state index contributed by atoms with van der Waals surface area (Å²) in [4.78, 5) is 10.4. The third-order valence-corrected chi connectivity index (χ3v) is 5.91. The lowest BCUT2D eigenvalue weighted by atomic mass is 10.2. The molecule has 1 aliphatic heterocycles. The van der Waals surface area contributed by atoms with Crippen LogP contribution in [0.4, 0.5) is 0 Å². The van der Waals surface area contributed by atoms with Gasteiger partial charge in [0.25, 0.3) is 0 Å². The van der Waals surface area contributed by atoms with Crippen molar-refractivity contribution in [3.05, 3.63) is 52.2 Å². The van der Waals surface area contributed by atoms with E-state index in [1.165, 1.54) is 10.4 Å². The number of benzene rings is 1. The van der Waals surface area contributed by atoms with Gasteiger partial charge < -0.3 is 19.7 Å². The second-order valence-electron chi connectivity index (χ2n) is 7.10. The molecule has 2 heterocycles. The summed E-state index contributed by atoms with van der Waals surface area (Å²) >= 11 is 1.80.